The van der Waals surface area contributed by atoms with Crippen molar-refractivity contribution in [3.63, 3.8) is 0 Å². The number of aromatic nitrogens is 1. The van der Waals surface area contributed by atoms with Gasteiger partial charge in [0, 0.05) is 25.5 Å². The Labute approximate surface area is 135 Å². The molecule has 0 spiro atoms. The second-order valence-electron chi connectivity index (χ2n) is 5.53. The molecule has 1 amide bonds. The van der Waals surface area contributed by atoms with Crippen molar-refractivity contribution in [1.82, 2.24) is 9.88 Å². The smallest absolute Gasteiger partial charge is 0.264 e. The number of nitriles is 1. The Morgan fingerprint density at radius 2 is 1.87 bits per heavy atom. The maximum absolute atomic E-state index is 12.4. The molecule has 0 saturated carbocycles. The monoisotopic (exact) mass is 303 g/mol. The SMILES string of the molecule is N#C/C(=C\c1cccc(-c2ccncc2)c1)C(=O)N1CCCC1. The minimum atomic E-state index is -0.167. The molecule has 4 nitrogen and oxygen atoms in total. The summed E-state index contributed by atoms with van der Waals surface area (Å²) < 4.78 is 0. The van der Waals surface area contributed by atoms with E-state index in [1.54, 1.807) is 23.4 Å². The van der Waals surface area contributed by atoms with Crippen LogP contribution in [0.15, 0.2) is 54.4 Å². The number of hydrogen-bond acceptors (Lipinski definition) is 3. The van der Waals surface area contributed by atoms with Crippen molar-refractivity contribution in [2.24, 2.45) is 0 Å². The summed E-state index contributed by atoms with van der Waals surface area (Å²) in [6.45, 7) is 1.49. The number of carbonyl (C=O) groups excluding carboxylic acids is 1. The molecule has 1 aromatic carbocycles. The first-order valence-corrected chi connectivity index (χ1v) is 7.69. The molecule has 1 aliphatic rings. The van der Waals surface area contributed by atoms with Crippen LogP contribution in [0.5, 0.6) is 0 Å². The highest BCUT2D eigenvalue weighted by molar-refractivity contribution is 6.01. The lowest BCUT2D eigenvalue weighted by Crippen LogP contribution is -2.28. The van der Waals surface area contributed by atoms with Gasteiger partial charge in [0.15, 0.2) is 0 Å². The summed E-state index contributed by atoms with van der Waals surface area (Å²) in [4.78, 5) is 18.1. The van der Waals surface area contributed by atoms with E-state index in [0.717, 1.165) is 42.6 Å². The molecule has 3 rings (SSSR count). The molecule has 0 bridgehead atoms. The third-order valence-corrected chi connectivity index (χ3v) is 3.96. The van der Waals surface area contributed by atoms with Gasteiger partial charge in [-0.25, -0.2) is 0 Å². The van der Waals surface area contributed by atoms with Gasteiger partial charge in [0.05, 0.1) is 0 Å². The summed E-state index contributed by atoms with van der Waals surface area (Å²) in [6, 6.07) is 13.7. The Morgan fingerprint density at radius 3 is 2.57 bits per heavy atom. The van der Waals surface area contributed by atoms with Crippen LogP contribution in [0.25, 0.3) is 17.2 Å². The predicted molar refractivity (Wildman–Crippen MR) is 89.1 cm³/mol. The molecule has 0 radical (unpaired) electrons. The Hall–Kier alpha value is -2.93. The standard InChI is InChI=1S/C19H17N3O/c20-14-18(19(23)22-10-1-2-11-22)13-15-4-3-5-17(12-15)16-6-8-21-9-7-16/h3-9,12-13H,1-2,10-11H2/b18-13+. The first kappa shape index (κ1) is 15.0. The topological polar surface area (TPSA) is 57.0 Å². The average Bonchev–Trinajstić information content (AvgIpc) is 3.15. The van der Waals surface area contributed by atoms with Crippen molar-refractivity contribution in [2.75, 3.05) is 13.1 Å². The van der Waals surface area contributed by atoms with Crippen LogP contribution in [-0.2, 0) is 4.79 Å². The van der Waals surface area contributed by atoms with E-state index in [9.17, 15) is 10.1 Å². The van der Waals surface area contributed by atoms with E-state index < -0.39 is 0 Å². The van der Waals surface area contributed by atoms with E-state index in [-0.39, 0.29) is 11.5 Å². The van der Waals surface area contributed by atoms with Crippen LogP contribution < -0.4 is 0 Å². The number of rotatable bonds is 3. The van der Waals surface area contributed by atoms with Crippen LogP contribution >= 0.6 is 0 Å². The van der Waals surface area contributed by atoms with E-state index in [2.05, 4.69) is 4.98 Å². The Kier molecular flexibility index (Phi) is 4.49. The molecule has 4 heteroatoms. The summed E-state index contributed by atoms with van der Waals surface area (Å²) >= 11 is 0. The van der Waals surface area contributed by atoms with Gasteiger partial charge in [0.25, 0.3) is 5.91 Å². The molecular weight excluding hydrogens is 286 g/mol. The van der Waals surface area contributed by atoms with Crippen LogP contribution in [0.3, 0.4) is 0 Å². The predicted octanol–water partition coefficient (Wildman–Crippen LogP) is 3.28. The van der Waals surface area contributed by atoms with Crippen molar-refractivity contribution in [1.29, 1.82) is 5.26 Å². The first-order valence-electron chi connectivity index (χ1n) is 7.69. The molecule has 0 N–H and O–H groups in total. The molecule has 2 heterocycles. The number of pyridine rings is 1. The Balaban J connectivity index is 1.89. The number of hydrogen-bond donors (Lipinski definition) is 0. The third kappa shape index (κ3) is 3.46. The van der Waals surface area contributed by atoms with Crippen molar-refractivity contribution in [3.8, 4) is 17.2 Å². The number of carbonyl (C=O) groups is 1. The van der Waals surface area contributed by atoms with Crippen LogP contribution in [0.2, 0.25) is 0 Å². The normalized spacial score (nSPS) is 14.6. The lowest BCUT2D eigenvalue weighted by molar-refractivity contribution is -0.125. The fraction of sp³-hybridized carbons (Fsp3) is 0.211. The summed E-state index contributed by atoms with van der Waals surface area (Å²) in [5.74, 6) is -0.167. The molecule has 114 valence electrons. The zero-order valence-corrected chi connectivity index (χ0v) is 12.8. The number of amides is 1. The van der Waals surface area contributed by atoms with Gasteiger partial charge in [-0.3, -0.25) is 9.78 Å². The van der Waals surface area contributed by atoms with E-state index >= 15 is 0 Å². The summed E-state index contributed by atoms with van der Waals surface area (Å²) in [7, 11) is 0. The molecule has 1 aliphatic heterocycles. The third-order valence-electron chi connectivity index (χ3n) is 3.96. The van der Waals surface area contributed by atoms with Gasteiger partial charge in [0.1, 0.15) is 11.6 Å². The van der Waals surface area contributed by atoms with E-state index in [1.165, 1.54) is 0 Å². The molecule has 1 saturated heterocycles. The number of benzene rings is 1. The summed E-state index contributed by atoms with van der Waals surface area (Å²) in [5.41, 5.74) is 3.13. The van der Waals surface area contributed by atoms with Gasteiger partial charge in [-0.15, -0.1) is 0 Å². The van der Waals surface area contributed by atoms with Crippen molar-refractivity contribution < 1.29 is 4.79 Å². The Bertz CT molecular complexity index is 769. The van der Waals surface area contributed by atoms with Gasteiger partial charge in [-0.05, 0) is 53.8 Å². The van der Waals surface area contributed by atoms with Gasteiger partial charge in [-0.1, -0.05) is 18.2 Å². The fourth-order valence-corrected chi connectivity index (χ4v) is 2.75. The summed E-state index contributed by atoms with van der Waals surface area (Å²) in [6.07, 6.45) is 7.19. The van der Waals surface area contributed by atoms with Crippen molar-refractivity contribution in [2.45, 2.75) is 12.8 Å². The highest BCUT2D eigenvalue weighted by Gasteiger charge is 2.21. The molecule has 0 atom stereocenters. The zero-order valence-electron chi connectivity index (χ0n) is 12.8. The molecule has 1 aromatic heterocycles. The number of likely N-dealkylation sites (tertiary alicyclic amines) is 1. The van der Waals surface area contributed by atoms with Crippen molar-refractivity contribution >= 4 is 12.0 Å². The van der Waals surface area contributed by atoms with Gasteiger partial charge < -0.3 is 4.90 Å². The fourth-order valence-electron chi connectivity index (χ4n) is 2.75. The van der Waals surface area contributed by atoms with Crippen molar-refractivity contribution in [3.05, 3.63) is 59.9 Å². The minimum absolute atomic E-state index is 0.167. The molecule has 2 aromatic rings. The van der Waals surface area contributed by atoms with E-state index in [1.807, 2.05) is 42.5 Å². The highest BCUT2D eigenvalue weighted by atomic mass is 16.2. The maximum atomic E-state index is 12.4. The lowest BCUT2D eigenvalue weighted by Gasteiger charge is -2.14. The maximum Gasteiger partial charge on any atom is 0.264 e. The molecular formula is C19H17N3O. The molecule has 1 fully saturated rings. The van der Waals surface area contributed by atoms with Gasteiger partial charge in [0.2, 0.25) is 0 Å². The second-order valence-corrected chi connectivity index (χ2v) is 5.53. The quantitative estimate of drug-likeness (QED) is 0.646. The second kappa shape index (κ2) is 6.89. The van der Waals surface area contributed by atoms with E-state index in [4.69, 9.17) is 0 Å². The van der Waals surface area contributed by atoms with Gasteiger partial charge in [-0.2, -0.15) is 5.26 Å². The van der Waals surface area contributed by atoms with Crippen LogP contribution in [0, 0.1) is 11.3 Å². The van der Waals surface area contributed by atoms with Gasteiger partial charge >= 0.3 is 0 Å². The summed E-state index contributed by atoms with van der Waals surface area (Å²) in [5, 5.41) is 9.33. The zero-order chi connectivity index (χ0) is 16.1. The average molecular weight is 303 g/mol. The Morgan fingerprint density at radius 1 is 1.13 bits per heavy atom. The highest BCUT2D eigenvalue weighted by Crippen LogP contribution is 2.21. The lowest BCUT2D eigenvalue weighted by atomic mass is 10.0. The van der Waals surface area contributed by atoms with E-state index in [0.29, 0.717) is 0 Å². The molecule has 0 aliphatic carbocycles. The minimum Gasteiger partial charge on any atom is -0.338 e. The van der Waals surface area contributed by atoms with Crippen LogP contribution in [0.4, 0.5) is 0 Å². The molecule has 23 heavy (non-hydrogen) atoms. The van der Waals surface area contributed by atoms with Crippen LogP contribution in [-0.4, -0.2) is 28.9 Å². The molecule has 0 unspecified atom stereocenters. The largest absolute Gasteiger partial charge is 0.338 e. The number of nitrogens with zero attached hydrogens (tertiary/aromatic N) is 3. The first-order chi connectivity index (χ1) is 11.3. The van der Waals surface area contributed by atoms with Crippen LogP contribution in [0.1, 0.15) is 18.4 Å².